The molecule has 0 amide bonds. The van der Waals surface area contributed by atoms with Gasteiger partial charge in [0, 0.05) is 23.1 Å². The van der Waals surface area contributed by atoms with Gasteiger partial charge in [-0.25, -0.2) is 9.78 Å². The lowest BCUT2D eigenvalue weighted by Gasteiger charge is -2.11. The summed E-state index contributed by atoms with van der Waals surface area (Å²) < 4.78 is 0. The van der Waals surface area contributed by atoms with Gasteiger partial charge in [-0.3, -0.25) is 0 Å². The van der Waals surface area contributed by atoms with Gasteiger partial charge in [0.05, 0.1) is 5.56 Å². The van der Waals surface area contributed by atoms with E-state index in [9.17, 15) is 4.79 Å². The fourth-order valence-corrected chi connectivity index (χ4v) is 2.71. The predicted molar refractivity (Wildman–Crippen MR) is 103 cm³/mol. The van der Waals surface area contributed by atoms with E-state index in [4.69, 9.17) is 5.11 Å². The van der Waals surface area contributed by atoms with Crippen LogP contribution in [0.15, 0.2) is 48.5 Å². The van der Waals surface area contributed by atoms with Crippen LogP contribution in [0.5, 0.6) is 0 Å². The van der Waals surface area contributed by atoms with Gasteiger partial charge in [-0.2, -0.15) is 4.98 Å². The molecule has 0 unspecified atom stereocenters. The Balaban J connectivity index is 1.82. The molecule has 3 N–H and O–H groups in total. The van der Waals surface area contributed by atoms with Crippen molar-refractivity contribution in [2.75, 3.05) is 10.6 Å². The molecule has 0 atom stereocenters. The van der Waals surface area contributed by atoms with Crippen molar-refractivity contribution in [2.45, 2.75) is 20.8 Å². The summed E-state index contributed by atoms with van der Waals surface area (Å²) >= 11 is 0. The fraction of sp³-hybridized carbons (Fsp3) is 0.150. The maximum Gasteiger partial charge on any atom is 0.335 e. The lowest BCUT2D eigenvalue weighted by atomic mass is 10.1. The van der Waals surface area contributed by atoms with E-state index in [1.165, 1.54) is 0 Å². The topological polar surface area (TPSA) is 87.1 Å². The number of anilines is 4. The molecule has 0 aliphatic carbocycles. The van der Waals surface area contributed by atoms with Crippen molar-refractivity contribution in [1.82, 2.24) is 9.97 Å². The van der Waals surface area contributed by atoms with Crippen LogP contribution >= 0.6 is 0 Å². The van der Waals surface area contributed by atoms with E-state index in [0.29, 0.717) is 11.8 Å². The lowest BCUT2D eigenvalue weighted by molar-refractivity contribution is 0.0697. The Hall–Kier alpha value is -3.41. The largest absolute Gasteiger partial charge is 0.478 e. The molecule has 3 rings (SSSR count). The Kier molecular flexibility index (Phi) is 4.84. The van der Waals surface area contributed by atoms with Crippen LogP contribution in [0.3, 0.4) is 0 Å². The SMILES string of the molecule is Cc1cc(C)cc(Nc2nc(C)cc(Nc3ccc(C(=O)O)cc3)n2)c1. The molecule has 2 aromatic carbocycles. The van der Waals surface area contributed by atoms with Crippen LogP contribution in [0.4, 0.5) is 23.1 Å². The van der Waals surface area contributed by atoms with Crippen molar-refractivity contribution >= 4 is 29.1 Å². The average Bonchev–Trinajstić information content (AvgIpc) is 2.53. The highest BCUT2D eigenvalue weighted by atomic mass is 16.4. The second-order valence-electron chi connectivity index (χ2n) is 6.23. The molecule has 0 bridgehead atoms. The van der Waals surface area contributed by atoms with Gasteiger partial charge < -0.3 is 15.7 Å². The predicted octanol–water partition coefficient (Wildman–Crippen LogP) is 4.59. The molecule has 0 saturated heterocycles. The molecule has 0 aliphatic heterocycles. The van der Waals surface area contributed by atoms with E-state index in [1.807, 2.05) is 39.0 Å². The van der Waals surface area contributed by atoms with Crippen molar-refractivity contribution in [3.8, 4) is 0 Å². The minimum atomic E-state index is -0.950. The number of benzene rings is 2. The van der Waals surface area contributed by atoms with Crippen molar-refractivity contribution in [1.29, 1.82) is 0 Å². The fourth-order valence-electron chi connectivity index (χ4n) is 2.71. The number of rotatable bonds is 5. The molecule has 0 saturated carbocycles. The van der Waals surface area contributed by atoms with Gasteiger partial charge in [0.2, 0.25) is 5.95 Å². The van der Waals surface area contributed by atoms with Gasteiger partial charge in [0.15, 0.2) is 0 Å². The van der Waals surface area contributed by atoms with Crippen LogP contribution in [0.2, 0.25) is 0 Å². The monoisotopic (exact) mass is 348 g/mol. The van der Waals surface area contributed by atoms with Crippen molar-refractivity contribution < 1.29 is 9.90 Å². The molecule has 0 aliphatic rings. The molecule has 3 aromatic rings. The summed E-state index contributed by atoms with van der Waals surface area (Å²) in [4.78, 5) is 19.9. The quantitative estimate of drug-likeness (QED) is 0.625. The summed E-state index contributed by atoms with van der Waals surface area (Å²) in [6.45, 7) is 5.99. The van der Waals surface area contributed by atoms with Crippen LogP contribution in [-0.2, 0) is 0 Å². The summed E-state index contributed by atoms with van der Waals surface area (Å²) in [5.74, 6) is 0.182. The van der Waals surface area contributed by atoms with Crippen molar-refractivity contribution in [3.05, 3.63) is 70.9 Å². The molecule has 6 nitrogen and oxygen atoms in total. The molecular weight excluding hydrogens is 328 g/mol. The number of carboxylic acid groups (broad SMARTS) is 1. The third-order valence-electron chi connectivity index (χ3n) is 3.74. The number of nitrogens with zero attached hydrogens (tertiary/aromatic N) is 2. The van der Waals surface area contributed by atoms with Gasteiger partial charge in [-0.15, -0.1) is 0 Å². The van der Waals surface area contributed by atoms with E-state index in [-0.39, 0.29) is 5.56 Å². The molecule has 6 heteroatoms. The molecule has 26 heavy (non-hydrogen) atoms. The molecule has 132 valence electrons. The number of hydrogen-bond acceptors (Lipinski definition) is 5. The zero-order valence-electron chi connectivity index (χ0n) is 14.9. The Labute approximate surface area is 152 Å². The van der Waals surface area contributed by atoms with Gasteiger partial charge in [-0.1, -0.05) is 6.07 Å². The summed E-state index contributed by atoms with van der Waals surface area (Å²) in [7, 11) is 0. The number of aromatic nitrogens is 2. The Morgan fingerprint density at radius 3 is 2.12 bits per heavy atom. The van der Waals surface area contributed by atoms with Crippen LogP contribution in [0.1, 0.15) is 27.2 Å². The minimum Gasteiger partial charge on any atom is -0.478 e. The number of nitrogens with one attached hydrogen (secondary N) is 2. The molecule has 0 fully saturated rings. The first-order chi connectivity index (χ1) is 12.4. The summed E-state index contributed by atoms with van der Waals surface area (Å²) in [5, 5.41) is 15.4. The number of carbonyl (C=O) groups is 1. The maximum absolute atomic E-state index is 10.9. The first kappa shape index (κ1) is 17.4. The second kappa shape index (κ2) is 7.23. The van der Waals surface area contributed by atoms with E-state index < -0.39 is 5.97 Å². The van der Waals surface area contributed by atoms with Gasteiger partial charge in [-0.05, 0) is 68.3 Å². The minimum absolute atomic E-state index is 0.242. The van der Waals surface area contributed by atoms with Crippen molar-refractivity contribution in [3.63, 3.8) is 0 Å². The van der Waals surface area contributed by atoms with E-state index in [2.05, 4.69) is 26.7 Å². The van der Waals surface area contributed by atoms with Gasteiger partial charge in [0.1, 0.15) is 5.82 Å². The van der Waals surface area contributed by atoms with E-state index >= 15 is 0 Å². The van der Waals surface area contributed by atoms with Crippen LogP contribution in [0, 0.1) is 20.8 Å². The summed E-state index contributed by atoms with van der Waals surface area (Å²) in [6.07, 6.45) is 0. The Morgan fingerprint density at radius 2 is 1.50 bits per heavy atom. The first-order valence-electron chi connectivity index (χ1n) is 8.20. The third-order valence-corrected chi connectivity index (χ3v) is 3.74. The summed E-state index contributed by atoms with van der Waals surface area (Å²) in [6, 6.07) is 14.5. The highest BCUT2D eigenvalue weighted by Crippen LogP contribution is 2.21. The molecule has 0 radical (unpaired) electrons. The second-order valence-corrected chi connectivity index (χ2v) is 6.23. The van der Waals surface area contributed by atoms with Gasteiger partial charge in [0.25, 0.3) is 0 Å². The Morgan fingerprint density at radius 1 is 0.846 bits per heavy atom. The number of carboxylic acids is 1. The normalized spacial score (nSPS) is 10.4. The zero-order chi connectivity index (χ0) is 18.7. The van der Waals surface area contributed by atoms with Crippen LogP contribution in [-0.4, -0.2) is 21.0 Å². The molecule has 0 spiro atoms. The third kappa shape index (κ3) is 4.36. The molecule has 1 heterocycles. The smallest absolute Gasteiger partial charge is 0.335 e. The summed E-state index contributed by atoms with van der Waals surface area (Å²) in [5.41, 5.74) is 5.08. The molecular formula is C20H20N4O2. The van der Waals surface area contributed by atoms with Crippen LogP contribution < -0.4 is 10.6 Å². The zero-order valence-corrected chi connectivity index (χ0v) is 14.9. The lowest BCUT2D eigenvalue weighted by Crippen LogP contribution is -2.03. The van der Waals surface area contributed by atoms with E-state index in [1.54, 1.807) is 24.3 Å². The number of hydrogen-bond donors (Lipinski definition) is 3. The van der Waals surface area contributed by atoms with Gasteiger partial charge >= 0.3 is 5.97 Å². The maximum atomic E-state index is 10.9. The first-order valence-corrected chi connectivity index (χ1v) is 8.20. The van der Waals surface area contributed by atoms with Crippen LogP contribution in [0.25, 0.3) is 0 Å². The standard InChI is InChI=1S/C20H20N4O2/c1-12-8-13(2)10-17(9-12)23-20-21-14(3)11-18(24-20)22-16-6-4-15(5-7-16)19(25)26/h4-11H,1-3H3,(H,25,26)(H2,21,22,23,24). The molecule has 1 aromatic heterocycles. The number of aromatic carboxylic acids is 1. The average molecular weight is 348 g/mol. The Bertz CT molecular complexity index is 932. The van der Waals surface area contributed by atoms with E-state index in [0.717, 1.165) is 28.2 Å². The number of aryl methyl sites for hydroxylation is 3. The van der Waals surface area contributed by atoms with Crippen molar-refractivity contribution in [2.24, 2.45) is 0 Å². The highest BCUT2D eigenvalue weighted by molar-refractivity contribution is 5.88. The highest BCUT2D eigenvalue weighted by Gasteiger charge is 2.06.